The van der Waals surface area contributed by atoms with Crippen molar-refractivity contribution >= 4 is 23.3 Å². The fraction of sp³-hybridized carbons (Fsp3) is 0.261. The number of carbonyl (C=O) groups excluding carboxylic acids is 1. The molecule has 0 unspecified atom stereocenters. The van der Waals surface area contributed by atoms with Crippen molar-refractivity contribution in [3.8, 4) is 11.3 Å². The number of halogens is 1. The summed E-state index contributed by atoms with van der Waals surface area (Å²) in [5, 5.41) is 9.37. The number of hydrogen-bond donors (Lipinski definition) is 0. The Kier molecular flexibility index (Phi) is 5.49. The Morgan fingerprint density at radius 3 is 2.34 bits per heavy atom. The van der Waals surface area contributed by atoms with E-state index in [1.807, 2.05) is 29.2 Å². The van der Waals surface area contributed by atoms with Crippen LogP contribution in [-0.4, -0.2) is 47.2 Å². The van der Waals surface area contributed by atoms with Crippen LogP contribution >= 0.6 is 11.6 Å². The first-order valence-corrected chi connectivity index (χ1v) is 10.1. The highest BCUT2D eigenvalue weighted by Crippen LogP contribution is 2.24. The number of piperazine rings is 1. The van der Waals surface area contributed by atoms with E-state index >= 15 is 0 Å². The Hall–Kier alpha value is -2.92. The molecule has 1 amide bonds. The Morgan fingerprint density at radius 1 is 0.931 bits per heavy atom. The Morgan fingerprint density at radius 2 is 1.69 bits per heavy atom. The zero-order valence-electron chi connectivity index (χ0n) is 16.6. The average molecular weight is 407 g/mol. The number of aromatic nitrogens is 2. The summed E-state index contributed by atoms with van der Waals surface area (Å²) in [4.78, 5) is 16.7. The van der Waals surface area contributed by atoms with Gasteiger partial charge in [-0.05, 0) is 43.7 Å². The molecule has 2 aromatic carbocycles. The van der Waals surface area contributed by atoms with Gasteiger partial charge in [-0.15, -0.1) is 10.2 Å². The van der Waals surface area contributed by atoms with E-state index in [4.69, 9.17) is 11.6 Å². The molecule has 0 radical (unpaired) electrons. The molecular formula is C23H23ClN4O. The lowest BCUT2D eigenvalue weighted by molar-refractivity contribution is 0.0746. The van der Waals surface area contributed by atoms with Gasteiger partial charge >= 0.3 is 0 Å². The molecular weight excluding hydrogens is 384 g/mol. The van der Waals surface area contributed by atoms with Crippen LogP contribution in [0.4, 0.5) is 5.82 Å². The van der Waals surface area contributed by atoms with Crippen LogP contribution in [0.5, 0.6) is 0 Å². The molecule has 0 spiro atoms. The second-order valence-corrected chi connectivity index (χ2v) is 7.76. The molecule has 0 saturated carbocycles. The van der Waals surface area contributed by atoms with Gasteiger partial charge in [0.25, 0.3) is 5.91 Å². The molecule has 1 saturated heterocycles. The van der Waals surface area contributed by atoms with Crippen LogP contribution in [-0.2, 0) is 0 Å². The van der Waals surface area contributed by atoms with Gasteiger partial charge in [-0.1, -0.05) is 47.5 Å². The highest BCUT2D eigenvalue weighted by atomic mass is 35.5. The summed E-state index contributed by atoms with van der Waals surface area (Å²) in [6, 6.07) is 17.5. The third-order valence-corrected chi connectivity index (χ3v) is 5.63. The van der Waals surface area contributed by atoms with Crippen molar-refractivity contribution in [2.75, 3.05) is 31.1 Å². The number of rotatable bonds is 3. The van der Waals surface area contributed by atoms with Crippen LogP contribution in [0.2, 0.25) is 5.02 Å². The fourth-order valence-corrected chi connectivity index (χ4v) is 3.90. The van der Waals surface area contributed by atoms with E-state index in [1.54, 1.807) is 12.1 Å². The van der Waals surface area contributed by atoms with E-state index in [0.717, 1.165) is 17.1 Å². The maximum absolute atomic E-state index is 12.7. The molecule has 2 heterocycles. The van der Waals surface area contributed by atoms with Gasteiger partial charge in [0, 0.05) is 31.7 Å². The van der Waals surface area contributed by atoms with Gasteiger partial charge < -0.3 is 9.80 Å². The average Bonchev–Trinajstić information content (AvgIpc) is 2.74. The second-order valence-electron chi connectivity index (χ2n) is 7.35. The normalized spacial score (nSPS) is 14.2. The van der Waals surface area contributed by atoms with Crippen molar-refractivity contribution in [3.05, 3.63) is 76.3 Å². The van der Waals surface area contributed by atoms with E-state index in [-0.39, 0.29) is 5.91 Å². The summed E-state index contributed by atoms with van der Waals surface area (Å²) in [5.74, 6) is 0.815. The first kappa shape index (κ1) is 19.4. The molecule has 0 N–H and O–H groups in total. The van der Waals surface area contributed by atoms with Gasteiger partial charge in [-0.25, -0.2) is 0 Å². The Balaban J connectivity index is 1.42. The number of anilines is 1. The summed E-state index contributed by atoms with van der Waals surface area (Å²) in [7, 11) is 0. The summed E-state index contributed by atoms with van der Waals surface area (Å²) in [6.07, 6.45) is 0. The first-order chi connectivity index (χ1) is 14.0. The molecule has 0 bridgehead atoms. The third-order valence-electron chi connectivity index (χ3n) is 5.30. The van der Waals surface area contributed by atoms with Gasteiger partial charge in [-0.3, -0.25) is 4.79 Å². The van der Waals surface area contributed by atoms with Gasteiger partial charge in [-0.2, -0.15) is 0 Å². The van der Waals surface area contributed by atoms with E-state index in [0.29, 0.717) is 36.8 Å². The zero-order chi connectivity index (χ0) is 20.4. The minimum atomic E-state index is -0.0217. The van der Waals surface area contributed by atoms with Crippen molar-refractivity contribution < 1.29 is 4.79 Å². The van der Waals surface area contributed by atoms with Gasteiger partial charge in [0.05, 0.1) is 16.3 Å². The molecule has 5 nitrogen and oxygen atoms in total. The molecule has 1 aromatic heterocycles. The van der Waals surface area contributed by atoms with Crippen molar-refractivity contribution in [1.82, 2.24) is 15.1 Å². The van der Waals surface area contributed by atoms with Gasteiger partial charge in [0.15, 0.2) is 5.82 Å². The minimum Gasteiger partial charge on any atom is -0.352 e. The molecule has 148 valence electrons. The number of benzene rings is 2. The summed E-state index contributed by atoms with van der Waals surface area (Å²) in [5.41, 5.74) is 4.96. The van der Waals surface area contributed by atoms with Crippen LogP contribution in [0.3, 0.4) is 0 Å². The van der Waals surface area contributed by atoms with Crippen molar-refractivity contribution in [2.24, 2.45) is 0 Å². The number of amides is 1. The van der Waals surface area contributed by atoms with Crippen molar-refractivity contribution in [3.63, 3.8) is 0 Å². The molecule has 3 aromatic rings. The molecule has 29 heavy (non-hydrogen) atoms. The lowest BCUT2D eigenvalue weighted by Crippen LogP contribution is -2.49. The highest BCUT2D eigenvalue weighted by molar-refractivity contribution is 6.33. The molecule has 1 aliphatic rings. The molecule has 0 aliphatic carbocycles. The summed E-state index contributed by atoms with van der Waals surface area (Å²) >= 11 is 6.17. The number of carbonyl (C=O) groups is 1. The van der Waals surface area contributed by atoms with Crippen LogP contribution in [0, 0.1) is 13.8 Å². The van der Waals surface area contributed by atoms with Crippen LogP contribution in [0.25, 0.3) is 11.3 Å². The maximum Gasteiger partial charge on any atom is 0.255 e. The number of aryl methyl sites for hydroxylation is 2. The lowest BCUT2D eigenvalue weighted by atomic mass is 10.0. The summed E-state index contributed by atoms with van der Waals surface area (Å²) < 4.78 is 0. The van der Waals surface area contributed by atoms with Crippen LogP contribution < -0.4 is 4.90 Å². The molecule has 6 heteroatoms. The Labute approximate surface area is 175 Å². The van der Waals surface area contributed by atoms with Crippen molar-refractivity contribution in [2.45, 2.75) is 13.8 Å². The number of nitrogens with zero attached hydrogens (tertiary/aromatic N) is 4. The predicted octanol–water partition coefficient (Wildman–Crippen LogP) is 4.38. The van der Waals surface area contributed by atoms with E-state index in [2.05, 4.69) is 47.1 Å². The molecule has 4 rings (SSSR count). The topological polar surface area (TPSA) is 49.3 Å². The summed E-state index contributed by atoms with van der Waals surface area (Å²) in [6.45, 7) is 6.87. The highest BCUT2D eigenvalue weighted by Gasteiger charge is 2.24. The van der Waals surface area contributed by atoms with Crippen LogP contribution in [0.1, 0.15) is 21.5 Å². The van der Waals surface area contributed by atoms with E-state index in [1.165, 1.54) is 11.1 Å². The molecule has 1 fully saturated rings. The zero-order valence-corrected chi connectivity index (χ0v) is 17.4. The SMILES string of the molecule is Cc1ccc(-c2ccc(N3CCN(C(=O)c4ccccc4Cl)CC3)nn2)c(C)c1. The third kappa shape index (κ3) is 4.10. The monoisotopic (exact) mass is 406 g/mol. The van der Waals surface area contributed by atoms with Crippen LogP contribution in [0.15, 0.2) is 54.6 Å². The van der Waals surface area contributed by atoms with Gasteiger partial charge in [0.1, 0.15) is 0 Å². The van der Waals surface area contributed by atoms with E-state index < -0.39 is 0 Å². The molecule has 0 atom stereocenters. The lowest BCUT2D eigenvalue weighted by Gasteiger charge is -2.35. The van der Waals surface area contributed by atoms with Gasteiger partial charge in [0.2, 0.25) is 0 Å². The Bertz CT molecular complexity index is 1030. The fourth-order valence-electron chi connectivity index (χ4n) is 3.68. The smallest absolute Gasteiger partial charge is 0.255 e. The first-order valence-electron chi connectivity index (χ1n) is 9.73. The quantitative estimate of drug-likeness (QED) is 0.647. The maximum atomic E-state index is 12.7. The second kappa shape index (κ2) is 8.21. The molecule has 1 aliphatic heterocycles. The minimum absolute atomic E-state index is 0.0217. The largest absolute Gasteiger partial charge is 0.352 e. The predicted molar refractivity (Wildman–Crippen MR) is 117 cm³/mol. The van der Waals surface area contributed by atoms with Crippen molar-refractivity contribution in [1.29, 1.82) is 0 Å². The van der Waals surface area contributed by atoms with E-state index in [9.17, 15) is 4.79 Å². The standard InChI is InChI=1S/C23H23ClN4O/c1-16-7-8-18(17(2)15-16)21-9-10-22(26-25-21)27-11-13-28(14-12-27)23(29)19-5-3-4-6-20(19)24/h3-10,15H,11-14H2,1-2H3. The number of hydrogen-bond acceptors (Lipinski definition) is 4.